The van der Waals surface area contributed by atoms with Crippen LogP contribution in [-0.2, 0) is 5.54 Å². The van der Waals surface area contributed by atoms with Crippen LogP contribution in [0.1, 0.15) is 29.8 Å². The van der Waals surface area contributed by atoms with Gasteiger partial charge in [-0.2, -0.15) is 0 Å². The molecule has 2 rings (SSSR count). The fourth-order valence-corrected chi connectivity index (χ4v) is 1.93. The molecule has 0 N–H and O–H groups in total. The predicted octanol–water partition coefficient (Wildman–Crippen LogP) is 2.15. The summed E-state index contributed by atoms with van der Waals surface area (Å²) in [6, 6.07) is 4.64. The Balaban J connectivity index is 2.75. The van der Waals surface area contributed by atoms with Gasteiger partial charge in [-0.3, -0.25) is 4.79 Å². The van der Waals surface area contributed by atoms with Crippen molar-refractivity contribution in [3.63, 3.8) is 0 Å². The van der Waals surface area contributed by atoms with Crippen LogP contribution >= 0.6 is 0 Å². The lowest BCUT2D eigenvalue weighted by Crippen LogP contribution is -2.35. The molecule has 0 saturated heterocycles. The monoisotopic (exact) mass is 193 g/mol. The molecule has 0 bridgehead atoms. The number of amides is 1. The largest absolute Gasteiger partial charge is 0.332 e. The maximum Gasteiger partial charge on any atom is 0.254 e. The van der Waals surface area contributed by atoms with E-state index in [1.165, 1.54) is 6.07 Å². The Hall–Kier alpha value is -1.38. The van der Waals surface area contributed by atoms with Gasteiger partial charge in [-0.1, -0.05) is 6.07 Å². The smallest absolute Gasteiger partial charge is 0.254 e. The number of carbonyl (C=O) groups excluding carboxylic acids is 1. The molecule has 0 spiro atoms. The van der Waals surface area contributed by atoms with Gasteiger partial charge in [-0.05, 0) is 26.0 Å². The molecule has 1 aromatic carbocycles. The second kappa shape index (κ2) is 2.56. The highest BCUT2D eigenvalue weighted by molar-refractivity contribution is 5.99. The summed E-state index contributed by atoms with van der Waals surface area (Å²) >= 11 is 0. The first-order valence-electron chi connectivity index (χ1n) is 4.53. The molecular formula is C11H12FNO. The van der Waals surface area contributed by atoms with Crippen LogP contribution in [0.4, 0.5) is 4.39 Å². The van der Waals surface area contributed by atoms with Gasteiger partial charge in [0.2, 0.25) is 0 Å². The Labute approximate surface area is 82.3 Å². The zero-order valence-corrected chi connectivity index (χ0v) is 8.47. The molecule has 0 saturated carbocycles. The van der Waals surface area contributed by atoms with E-state index in [0.29, 0.717) is 11.1 Å². The molecule has 0 fully saturated rings. The first kappa shape index (κ1) is 9.19. The molecule has 3 heteroatoms. The molecular weight excluding hydrogens is 181 g/mol. The average Bonchev–Trinajstić information content (AvgIpc) is 2.29. The Morgan fingerprint density at radius 1 is 1.36 bits per heavy atom. The number of halogens is 1. The minimum absolute atomic E-state index is 0.107. The summed E-state index contributed by atoms with van der Waals surface area (Å²) in [6.07, 6.45) is 0. The van der Waals surface area contributed by atoms with E-state index in [9.17, 15) is 9.18 Å². The summed E-state index contributed by atoms with van der Waals surface area (Å²) in [7, 11) is 1.70. The lowest BCUT2D eigenvalue weighted by molar-refractivity contribution is 0.0689. The quantitative estimate of drug-likeness (QED) is 0.618. The lowest BCUT2D eigenvalue weighted by atomic mass is 9.93. The van der Waals surface area contributed by atoms with E-state index in [2.05, 4.69) is 0 Å². The van der Waals surface area contributed by atoms with Crippen molar-refractivity contribution in [2.45, 2.75) is 19.4 Å². The third-order valence-corrected chi connectivity index (χ3v) is 3.00. The SMILES string of the molecule is CN1C(=O)c2cccc(F)c2C1(C)C. The standard InChI is InChI=1S/C11H12FNO/c1-11(2)9-7(10(14)13(11)3)5-4-6-8(9)12/h4-6H,1-3H3. The van der Waals surface area contributed by atoms with Gasteiger partial charge in [-0.25, -0.2) is 4.39 Å². The summed E-state index contributed by atoms with van der Waals surface area (Å²) in [5, 5.41) is 0. The average molecular weight is 193 g/mol. The van der Waals surface area contributed by atoms with Crippen LogP contribution in [0, 0.1) is 5.82 Å². The number of fused-ring (bicyclic) bond motifs is 1. The molecule has 74 valence electrons. The molecule has 1 heterocycles. The molecule has 1 aliphatic heterocycles. The molecule has 0 atom stereocenters. The number of nitrogens with zero attached hydrogens (tertiary/aromatic N) is 1. The van der Waals surface area contributed by atoms with Crippen LogP contribution in [0.25, 0.3) is 0 Å². The van der Waals surface area contributed by atoms with Gasteiger partial charge in [-0.15, -0.1) is 0 Å². The molecule has 0 unspecified atom stereocenters. The first-order valence-corrected chi connectivity index (χ1v) is 4.53. The lowest BCUT2D eigenvalue weighted by Gasteiger charge is -2.28. The van der Waals surface area contributed by atoms with Gasteiger partial charge >= 0.3 is 0 Å². The Kier molecular flexibility index (Phi) is 1.68. The molecule has 14 heavy (non-hydrogen) atoms. The van der Waals surface area contributed by atoms with Gasteiger partial charge in [0.05, 0.1) is 5.54 Å². The van der Waals surface area contributed by atoms with Gasteiger partial charge in [0, 0.05) is 18.2 Å². The third-order valence-electron chi connectivity index (χ3n) is 3.00. The second-order valence-electron chi connectivity index (χ2n) is 4.09. The van der Waals surface area contributed by atoms with Gasteiger partial charge in [0.25, 0.3) is 5.91 Å². The van der Waals surface area contributed by atoms with Crippen molar-refractivity contribution in [1.29, 1.82) is 0 Å². The zero-order valence-electron chi connectivity index (χ0n) is 8.47. The molecule has 1 amide bonds. The predicted molar refractivity (Wildman–Crippen MR) is 51.5 cm³/mol. The highest BCUT2D eigenvalue weighted by Crippen LogP contribution is 2.38. The van der Waals surface area contributed by atoms with Crippen LogP contribution in [0.5, 0.6) is 0 Å². The minimum Gasteiger partial charge on any atom is -0.332 e. The second-order valence-corrected chi connectivity index (χ2v) is 4.09. The van der Waals surface area contributed by atoms with Crippen molar-refractivity contribution in [3.8, 4) is 0 Å². The van der Waals surface area contributed by atoms with E-state index in [1.54, 1.807) is 24.1 Å². The van der Waals surface area contributed by atoms with Crippen LogP contribution in [0.15, 0.2) is 18.2 Å². The summed E-state index contributed by atoms with van der Waals surface area (Å²) in [5.41, 5.74) is 0.447. The van der Waals surface area contributed by atoms with Crippen molar-refractivity contribution < 1.29 is 9.18 Å². The van der Waals surface area contributed by atoms with Crippen LogP contribution in [0.2, 0.25) is 0 Å². The molecule has 2 nitrogen and oxygen atoms in total. The minimum atomic E-state index is -0.544. The highest BCUT2D eigenvalue weighted by Gasteiger charge is 2.42. The van der Waals surface area contributed by atoms with Crippen molar-refractivity contribution in [3.05, 3.63) is 35.1 Å². The Morgan fingerprint density at radius 3 is 2.57 bits per heavy atom. The maximum absolute atomic E-state index is 13.6. The molecule has 0 aliphatic carbocycles. The topological polar surface area (TPSA) is 20.3 Å². The van der Waals surface area contributed by atoms with Crippen molar-refractivity contribution in [2.24, 2.45) is 0 Å². The molecule has 0 radical (unpaired) electrons. The first-order chi connectivity index (χ1) is 6.46. The van der Waals surface area contributed by atoms with Crippen LogP contribution in [-0.4, -0.2) is 17.9 Å². The highest BCUT2D eigenvalue weighted by atomic mass is 19.1. The number of benzene rings is 1. The van der Waals surface area contributed by atoms with Crippen LogP contribution in [0.3, 0.4) is 0 Å². The van der Waals surface area contributed by atoms with E-state index in [-0.39, 0.29) is 11.7 Å². The van der Waals surface area contributed by atoms with Crippen molar-refractivity contribution in [2.75, 3.05) is 7.05 Å². The number of rotatable bonds is 0. The maximum atomic E-state index is 13.6. The zero-order chi connectivity index (χ0) is 10.5. The van der Waals surface area contributed by atoms with Crippen molar-refractivity contribution in [1.82, 2.24) is 4.90 Å². The summed E-state index contributed by atoms with van der Waals surface area (Å²) < 4.78 is 13.6. The summed E-state index contributed by atoms with van der Waals surface area (Å²) in [5.74, 6) is -0.408. The van der Waals surface area contributed by atoms with E-state index < -0.39 is 5.54 Å². The van der Waals surface area contributed by atoms with Gasteiger partial charge in [0.15, 0.2) is 0 Å². The summed E-state index contributed by atoms with van der Waals surface area (Å²) in [6.45, 7) is 3.69. The third kappa shape index (κ3) is 0.924. The molecule has 1 aliphatic rings. The van der Waals surface area contributed by atoms with Gasteiger partial charge in [0.1, 0.15) is 5.82 Å². The Morgan fingerprint density at radius 2 is 2.00 bits per heavy atom. The fraction of sp³-hybridized carbons (Fsp3) is 0.364. The van der Waals surface area contributed by atoms with Crippen LogP contribution < -0.4 is 0 Å². The van der Waals surface area contributed by atoms with Gasteiger partial charge < -0.3 is 4.90 Å². The van der Waals surface area contributed by atoms with E-state index in [0.717, 1.165) is 0 Å². The number of hydrogen-bond donors (Lipinski definition) is 0. The number of carbonyl (C=O) groups is 1. The molecule has 1 aromatic rings. The van der Waals surface area contributed by atoms with E-state index in [4.69, 9.17) is 0 Å². The van der Waals surface area contributed by atoms with E-state index in [1.807, 2.05) is 13.8 Å². The number of hydrogen-bond acceptors (Lipinski definition) is 1. The molecule has 0 aromatic heterocycles. The normalized spacial score (nSPS) is 18.6. The van der Waals surface area contributed by atoms with E-state index >= 15 is 0 Å². The Bertz CT molecular complexity index is 412. The summed E-state index contributed by atoms with van der Waals surface area (Å²) in [4.78, 5) is 13.3. The fourth-order valence-electron chi connectivity index (χ4n) is 1.93. The van der Waals surface area contributed by atoms with Crippen molar-refractivity contribution >= 4 is 5.91 Å².